The van der Waals surface area contributed by atoms with Crippen molar-refractivity contribution in [3.05, 3.63) is 59.0 Å². The van der Waals surface area contributed by atoms with Gasteiger partial charge in [0.25, 0.3) is 5.91 Å². The number of furan rings is 1. The molecule has 2 aromatic rings. The minimum Gasteiger partial charge on any atom is -0.480 e. The zero-order valence-electron chi connectivity index (χ0n) is 13.4. The van der Waals surface area contributed by atoms with Gasteiger partial charge in [0.15, 0.2) is 5.76 Å². The standard InChI is InChI=1S/C18H21NO4/c1-3-15-13(2)11-16(23-15)18(22)19(12-17(20)21)10-9-14-7-5-4-6-8-14/h4-8,11H,3,9-10,12H2,1-2H3,(H,20,21). The van der Waals surface area contributed by atoms with E-state index in [-0.39, 0.29) is 18.2 Å². The van der Waals surface area contributed by atoms with Gasteiger partial charge in [-0.1, -0.05) is 37.3 Å². The second-order valence-corrected chi connectivity index (χ2v) is 5.43. The predicted molar refractivity (Wildman–Crippen MR) is 86.5 cm³/mol. The van der Waals surface area contributed by atoms with Gasteiger partial charge in [-0.3, -0.25) is 9.59 Å². The lowest BCUT2D eigenvalue weighted by Crippen LogP contribution is -2.37. The molecule has 1 heterocycles. The molecule has 0 radical (unpaired) electrons. The van der Waals surface area contributed by atoms with Crippen molar-refractivity contribution in [1.29, 1.82) is 0 Å². The van der Waals surface area contributed by atoms with Crippen molar-refractivity contribution in [1.82, 2.24) is 4.90 Å². The van der Waals surface area contributed by atoms with Crippen LogP contribution in [0.5, 0.6) is 0 Å². The molecule has 0 spiro atoms. The van der Waals surface area contributed by atoms with Gasteiger partial charge in [0.05, 0.1) is 0 Å². The normalized spacial score (nSPS) is 10.5. The lowest BCUT2D eigenvalue weighted by Gasteiger charge is -2.19. The van der Waals surface area contributed by atoms with Crippen LogP contribution in [-0.4, -0.2) is 35.0 Å². The molecule has 1 N–H and O–H groups in total. The number of aliphatic carboxylic acids is 1. The Morgan fingerprint density at radius 1 is 1.22 bits per heavy atom. The summed E-state index contributed by atoms with van der Waals surface area (Å²) in [6.45, 7) is 3.82. The van der Waals surface area contributed by atoms with E-state index < -0.39 is 5.97 Å². The summed E-state index contributed by atoms with van der Waals surface area (Å²) in [6, 6.07) is 11.3. The van der Waals surface area contributed by atoms with Crippen LogP contribution in [-0.2, 0) is 17.6 Å². The van der Waals surface area contributed by atoms with Gasteiger partial charge in [0, 0.05) is 13.0 Å². The molecule has 0 unspecified atom stereocenters. The number of carbonyl (C=O) groups excluding carboxylic acids is 1. The fourth-order valence-corrected chi connectivity index (χ4v) is 2.46. The second kappa shape index (κ2) is 7.63. The highest BCUT2D eigenvalue weighted by Crippen LogP contribution is 2.17. The molecular weight excluding hydrogens is 294 g/mol. The SMILES string of the molecule is CCc1oc(C(=O)N(CCc2ccccc2)CC(=O)O)cc1C. The van der Waals surface area contributed by atoms with E-state index in [2.05, 4.69) is 0 Å². The maximum absolute atomic E-state index is 12.6. The molecule has 0 saturated carbocycles. The van der Waals surface area contributed by atoms with Gasteiger partial charge in [-0.15, -0.1) is 0 Å². The first-order valence-electron chi connectivity index (χ1n) is 7.65. The van der Waals surface area contributed by atoms with Crippen LogP contribution in [0.1, 0.15) is 34.4 Å². The van der Waals surface area contributed by atoms with Crippen LogP contribution in [0, 0.1) is 6.92 Å². The third kappa shape index (κ3) is 4.45. The summed E-state index contributed by atoms with van der Waals surface area (Å²) >= 11 is 0. The Balaban J connectivity index is 2.13. The van der Waals surface area contributed by atoms with Crippen LogP contribution in [0.3, 0.4) is 0 Å². The molecule has 5 nitrogen and oxygen atoms in total. The first kappa shape index (κ1) is 16.8. The van der Waals surface area contributed by atoms with Gasteiger partial charge in [-0.25, -0.2) is 0 Å². The molecular formula is C18H21NO4. The number of amides is 1. The zero-order chi connectivity index (χ0) is 16.8. The van der Waals surface area contributed by atoms with E-state index in [1.54, 1.807) is 6.07 Å². The minimum atomic E-state index is -1.04. The number of rotatable bonds is 7. The Bertz CT molecular complexity index is 676. The first-order valence-corrected chi connectivity index (χ1v) is 7.65. The van der Waals surface area contributed by atoms with Crippen molar-refractivity contribution in [3.8, 4) is 0 Å². The Kier molecular flexibility index (Phi) is 5.57. The fraction of sp³-hybridized carbons (Fsp3) is 0.333. The largest absolute Gasteiger partial charge is 0.480 e. The molecule has 0 aliphatic carbocycles. The number of hydrogen-bond donors (Lipinski definition) is 1. The smallest absolute Gasteiger partial charge is 0.323 e. The fourth-order valence-electron chi connectivity index (χ4n) is 2.46. The van der Waals surface area contributed by atoms with Crippen LogP contribution in [0.25, 0.3) is 0 Å². The lowest BCUT2D eigenvalue weighted by atomic mass is 10.1. The third-order valence-electron chi connectivity index (χ3n) is 3.68. The number of aryl methyl sites for hydroxylation is 2. The van der Waals surface area contributed by atoms with Crippen molar-refractivity contribution >= 4 is 11.9 Å². The zero-order valence-corrected chi connectivity index (χ0v) is 13.4. The van der Waals surface area contributed by atoms with Crippen LogP contribution in [0.4, 0.5) is 0 Å². The number of carboxylic acids is 1. The van der Waals surface area contributed by atoms with Crippen molar-refractivity contribution in [2.45, 2.75) is 26.7 Å². The number of carbonyl (C=O) groups is 2. The average Bonchev–Trinajstić information content (AvgIpc) is 2.92. The third-order valence-corrected chi connectivity index (χ3v) is 3.68. The molecule has 2 rings (SSSR count). The van der Waals surface area contributed by atoms with Crippen LogP contribution in [0.2, 0.25) is 0 Å². The summed E-state index contributed by atoms with van der Waals surface area (Å²) in [5.74, 6) is -0.461. The predicted octanol–water partition coefficient (Wildman–Crippen LogP) is 2.92. The summed E-state index contributed by atoms with van der Waals surface area (Å²) < 4.78 is 5.56. The second-order valence-electron chi connectivity index (χ2n) is 5.43. The van der Waals surface area contributed by atoms with Crippen molar-refractivity contribution in [3.63, 3.8) is 0 Å². The summed E-state index contributed by atoms with van der Waals surface area (Å²) in [7, 11) is 0. The van der Waals surface area contributed by atoms with Crippen LogP contribution >= 0.6 is 0 Å². The molecule has 23 heavy (non-hydrogen) atoms. The van der Waals surface area contributed by atoms with Gasteiger partial charge < -0.3 is 14.4 Å². The summed E-state index contributed by atoms with van der Waals surface area (Å²) in [5.41, 5.74) is 1.97. The van der Waals surface area contributed by atoms with E-state index >= 15 is 0 Å². The summed E-state index contributed by atoms with van der Waals surface area (Å²) in [6.07, 6.45) is 1.29. The highest BCUT2D eigenvalue weighted by atomic mass is 16.4. The maximum Gasteiger partial charge on any atom is 0.323 e. The minimum absolute atomic E-state index is 0.202. The van der Waals surface area contributed by atoms with Crippen LogP contribution in [0.15, 0.2) is 40.8 Å². The van der Waals surface area contributed by atoms with Gasteiger partial charge in [-0.05, 0) is 30.5 Å². The van der Waals surface area contributed by atoms with Crippen molar-refractivity contribution < 1.29 is 19.1 Å². The lowest BCUT2D eigenvalue weighted by molar-refractivity contribution is -0.137. The number of benzene rings is 1. The van der Waals surface area contributed by atoms with E-state index in [0.717, 1.165) is 16.9 Å². The van der Waals surface area contributed by atoms with E-state index in [1.807, 2.05) is 44.2 Å². The Morgan fingerprint density at radius 3 is 2.48 bits per heavy atom. The van der Waals surface area contributed by atoms with Crippen molar-refractivity contribution in [2.24, 2.45) is 0 Å². The van der Waals surface area contributed by atoms with Crippen LogP contribution < -0.4 is 0 Å². The Morgan fingerprint density at radius 2 is 1.91 bits per heavy atom. The Hall–Kier alpha value is -2.56. The van der Waals surface area contributed by atoms with E-state index in [0.29, 0.717) is 19.4 Å². The average molecular weight is 315 g/mol. The first-order chi connectivity index (χ1) is 11.0. The molecule has 0 bridgehead atoms. The monoisotopic (exact) mass is 315 g/mol. The summed E-state index contributed by atoms with van der Waals surface area (Å²) in [5, 5.41) is 9.06. The molecule has 0 aliphatic heterocycles. The molecule has 0 atom stereocenters. The van der Waals surface area contributed by atoms with E-state index in [4.69, 9.17) is 9.52 Å². The number of carboxylic acid groups (broad SMARTS) is 1. The quantitative estimate of drug-likeness (QED) is 0.853. The molecule has 1 aromatic carbocycles. The van der Waals surface area contributed by atoms with Gasteiger partial charge in [0.1, 0.15) is 12.3 Å². The molecule has 1 amide bonds. The highest BCUT2D eigenvalue weighted by molar-refractivity contribution is 5.93. The molecule has 1 aromatic heterocycles. The maximum atomic E-state index is 12.6. The molecule has 5 heteroatoms. The topological polar surface area (TPSA) is 70.8 Å². The number of hydrogen-bond acceptors (Lipinski definition) is 3. The van der Waals surface area contributed by atoms with E-state index in [1.165, 1.54) is 4.90 Å². The molecule has 0 saturated heterocycles. The van der Waals surface area contributed by atoms with Crippen molar-refractivity contribution in [2.75, 3.05) is 13.1 Å². The molecule has 122 valence electrons. The highest BCUT2D eigenvalue weighted by Gasteiger charge is 2.22. The number of nitrogens with zero attached hydrogens (tertiary/aromatic N) is 1. The van der Waals surface area contributed by atoms with Gasteiger partial charge in [-0.2, -0.15) is 0 Å². The molecule has 0 fully saturated rings. The molecule has 0 aliphatic rings. The van der Waals surface area contributed by atoms with Gasteiger partial charge in [0.2, 0.25) is 0 Å². The van der Waals surface area contributed by atoms with E-state index in [9.17, 15) is 9.59 Å². The summed E-state index contributed by atoms with van der Waals surface area (Å²) in [4.78, 5) is 24.9. The Labute approximate surface area is 135 Å². The van der Waals surface area contributed by atoms with Gasteiger partial charge >= 0.3 is 5.97 Å².